The Morgan fingerprint density at radius 2 is 1.81 bits per heavy atom. The summed E-state index contributed by atoms with van der Waals surface area (Å²) in [5, 5.41) is 4.61. The molecule has 3 nitrogen and oxygen atoms in total. The highest BCUT2D eigenvalue weighted by Gasteiger charge is 2.14. The van der Waals surface area contributed by atoms with Gasteiger partial charge in [0, 0.05) is 22.2 Å². The van der Waals surface area contributed by atoms with Crippen LogP contribution in [-0.2, 0) is 13.2 Å². The lowest BCUT2D eigenvalue weighted by molar-refractivity contribution is 0.267. The van der Waals surface area contributed by atoms with Crippen molar-refractivity contribution in [1.82, 2.24) is 5.32 Å². The van der Waals surface area contributed by atoms with Crippen LogP contribution < -0.4 is 14.8 Å². The number of halogens is 3. The first-order valence-electron chi connectivity index (χ1n) is 8.78. The minimum Gasteiger partial charge on any atom is -0.490 e. The lowest BCUT2D eigenvalue weighted by atomic mass is 10.2. The van der Waals surface area contributed by atoms with Gasteiger partial charge in [0.05, 0.1) is 11.1 Å². The monoisotopic (exact) mass is 459 g/mol. The summed E-state index contributed by atoms with van der Waals surface area (Å²) in [6.45, 7) is 6.75. The van der Waals surface area contributed by atoms with E-state index in [4.69, 9.17) is 32.7 Å². The van der Waals surface area contributed by atoms with Gasteiger partial charge in [0.25, 0.3) is 0 Å². The maximum Gasteiger partial charge on any atom is 0.175 e. The number of nitrogens with one attached hydrogen (secondary N) is 1. The highest BCUT2D eigenvalue weighted by Crippen LogP contribution is 2.38. The Morgan fingerprint density at radius 3 is 2.46 bits per heavy atom. The van der Waals surface area contributed by atoms with Crippen molar-refractivity contribution in [3.8, 4) is 11.5 Å². The van der Waals surface area contributed by atoms with Crippen molar-refractivity contribution < 1.29 is 9.47 Å². The minimum absolute atomic E-state index is 0.269. The van der Waals surface area contributed by atoms with Crippen LogP contribution in [0.1, 0.15) is 37.8 Å². The molecule has 0 aromatic heterocycles. The summed E-state index contributed by atoms with van der Waals surface area (Å²) in [5.74, 6) is 1.36. The lowest BCUT2D eigenvalue weighted by Crippen LogP contribution is -2.14. The van der Waals surface area contributed by atoms with Gasteiger partial charge in [-0.15, -0.1) is 0 Å². The van der Waals surface area contributed by atoms with Crippen molar-refractivity contribution in [3.63, 3.8) is 0 Å². The van der Waals surface area contributed by atoms with Crippen molar-refractivity contribution in [2.75, 3.05) is 13.2 Å². The molecule has 2 aromatic rings. The number of hydrogen-bond donors (Lipinski definition) is 1. The van der Waals surface area contributed by atoms with Gasteiger partial charge in [-0.2, -0.15) is 0 Å². The van der Waals surface area contributed by atoms with E-state index >= 15 is 0 Å². The van der Waals surface area contributed by atoms with Gasteiger partial charge < -0.3 is 14.8 Å². The van der Waals surface area contributed by atoms with E-state index in [1.807, 2.05) is 25.1 Å². The smallest absolute Gasteiger partial charge is 0.175 e. The van der Waals surface area contributed by atoms with Crippen LogP contribution in [0.2, 0.25) is 10.0 Å². The Kier molecular flexibility index (Phi) is 9.06. The molecule has 142 valence electrons. The average Bonchev–Trinajstić information content (AvgIpc) is 2.60. The van der Waals surface area contributed by atoms with Crippen LogP contribution in [-0.4, -0.2) is 13.2 Å². The molecule has 0 amide bonds. The predicted molar refractivity (Wildman–Crippen MR) is 113 cm³/mol. The Bertz CT molecular complexity index is 705. The summed E-state index contributed by atoms with van der Waals surface area (Å²) in [6.07, 6.45) is 2.34. The van der Waals surface area contributed by atoms with E-state index in [-0.39, 0.29) is 6.61 Å². The Hall–Kier alpha value is -0.940. The Balaban J connectivity index is 2.16. The summed E-state index contributed by atoms with van der Waals surface area (Å²) in [4.78, 5) is 0. The second-order valence-corrected chi connectivity index (χ2v) is 7.53. The van der Waals surface area contributed by atoms with Crippen LogP contribution >= 0.6 is 39.1 Å². The van der Waals surface area contributed by atoms with Gasteiger partial charge in [-0.3, -0.25) is 0 Å². The normalized spacial score (nSPS) is 10.8. The third-order valence-electron chi connectivity index (χ3n) is 3.83. The number of ether oxygens (including phenoxy) is 2. The molecule has 0 bridgehead atoms. The molecule has 0 aliphatic carbocycles. The highest BCUT2D eigenvalue weighted by molar-refractivity contribution is 9.10. The molecule has 0 aliphatic rings. The molecule has 0 saturated heterocycles. The summed E-state index contributed by atoms with van der Waals surface area (Å²) >= 11 is 16.1. The second kappa shape index (κ2) is 11.0. The molecule has 0 heterocycles. The molecule has 0 unspecified atom stereocenters. The van der Waals surface area contributed by atoms with Crippen LogP contribution in [0.15, 0.2) is 34.8 Å². The van der Waals surface area contributed by atoms with Crippen LogP contribution in [0.3, 0.4) is 0 Å². The molecular weight excluding hydrogens is 437 g/mol. The van der Waals surface area contributed by atoms with Crippen LogP contribution in [0.5, 0.6) is 11.5 Å². The minimum atomic E-state index is 0.269. The van der Waals surface area contributed by atoms with Crippen molar-refractivity contribution in [1.29, 1.82) is 0 Å². The fourth-order valence-corrected chi connectivity index (χ4v) is 3.59. The van der Waals surface area contributed by atoms with E-state index in [9.17, 15) is 0 Å². The van der Waals surface area contributed by atoms with E-state index in [1.165, 1.54) is 12.8 Å². The summed E-state index contributed by atoms with van der Waals surface area (Å²) < 4.78 is 12.6. The Morgan fingerprint density at radius 1 is 1.08 bits per heavy atom. The molecule has 0 atom stereocenters. The lowest BCUT2D eigenvalue weighted by Gasteiger charge is -2.16. The van der Waals surface area contributed by atoms with Gasteiger partial charge in [-0.1, -0.05) is 42.6 Å². The number of unbranched alkanes of at least 4 members (excludes halogenated alkanes) is 1. The van der Waals surface area contributed by atoms with Gasteiger partial charge in [-0.05, 0) is 65.6 Å². The molecule has 1 N–H and O–H groups in total. The van der Waals surface area contributed by atoms with Gasteiger partial charge in [0.1, 0.15) is 6.61 Å². The number of benzene rings is 2. The van der Waals surface area contributed by atoms with E-state index < -0.39 is 0 Å². The van der Waals surface area contributed by atoms with Gasteiger partial charge >= 0.3 is 0 Å². The zero-order valence-corrected chi connectivity index (χ0v) is 18.2. The average molecular weight is 461 g/mol. The maximum absolute atomic E-state index is 6.23. The van der Waals surface area contributed by atoms with E-state index in [1.54, 1.807) is 12.1 Å². The van der Waals surface area contributed by atoms with Crippen molar-refractivity contribution in [3.05, 3.63) is 56.0 Å². The van der Waals surface area contributed by atoms with Gasteiger partial charge in [0.15, 0.2) is 11.5 Å². The molecule has 0 aliphatic heterocycles. The van der Waals surface area contributed by atoms with Crippen molar-refractivity contribution >= 4 is 39.1 Å². The fraction of sp³-hybridized carbons (Fsp3) is 0.400. The van der Waals surface area contributed by atoms with E-state index in [0.717, 1.165) is 28.7 Å². The fourth-order valence-electron chi connectivity index (χ4n) is 2.48. The highest BCUT2D eigenvalue weighted by atomic mass is 79.9. The number of hydrogen-bond acceptors (Lipinski definition) is 3. The molecule has 2 aromatic carbocycles. The zero-order chi connectivity index (χ0) is 18.9. The van der Waals surface area contributed by atoms with Gasteiger partial charge in [-0.25, -0.2) is 0 Å². The standard InChI is InChI=1S/C20H24BrCl2NO2/c1-3-5-9-24-12-14-10-16(21)20(19(11-14)25-4-2)26-13-15-17(22)7-6-8-18(15)23/h6-8,10-11,24H,3-5,9,12-13H2,1-2H3. The third kappa shape index (κ3) is 6.05. The summed E-state index contributed by atoms with van der Waals surface area (Å²) in [6, 6.07) is 9.48. The molecule has 0 radical (unpaired) electrons. The van der Waals surface area contributed by atoms with Gasteiger partial charge in [0.2, 0.25) is 0 Å². The van der Waals surface area contributed by atoms with E-state index in [0.29, 0.717) is 28.2 Å². The molecular formula is C20H24BrCl2NO2. The summed E-state index contributed by atoms with van der Waals surface area (Å²) in [7, 11) is 0. The molecule has 6 heteroatoms. The largest absolute Gasteiger partial charge is 0.490 e. The molecule has 0 fully saturated rings. The second-order valence-electron chi connectivity index (χ2n) is 5.86. The third-order valence-corrected chi connectivity index (χ3v) is 5.13. The zero-order valence-electron chi connectivity index (χ0n) is 15.1. The molecule has 26 heavy (non-hydrogen) atoms. The first-order chi connectivity index (χ1) is 12.6. The SMILES string of the molecule is CCCCNCc1cc(Br)c(OCc2c(Cl)cccc2Cl)c(OCC)c1. The maximum atomic E-state index is 6.23. The first kappa shape index (κ1) is 21.4. The van der Waals surface area contributed by atoms with Crippen LogP contribution in [0, 0.1) is 0 Å². The quantitative estimate of drug-likeness (QED) is 0.404. The summed E-state index contributed by atoms with van der Waals surface area (Å²) in [5.41, 5.74) is 1.90. The molecule has 0 saturated carbocycles. The Labute approximate surface area is 174 Å². The van der Waals surface area contributed by atoms with Crippen LogP contribution in [0.4, 0.5) is 0 Å². The topological polar surface area (TPSA) is 30.5 Å². The molecule has 0 spiro atoms. The van der Waals surface area contributed by atoms with Crippen LogP contribution in [0.25, 0.3) is 0 Å². The number of rotatable bonds is 10. The van der Waals surface area contributed by atoms with E-state index in [2.05, 4.69) is 28.2 Å². The van der Waals surface area contributed by atoms with Crippen molar-refractivity contribution in [2.24, 2.45) is 0 Å². The first-order valence-corrected chi connectivity index (χ1v) is 10.3. The molecule has 2 rings (SSSR count). The predicted octanol–water partition coefficient (Wildman–Crippen LogP) is 6.62. The van der Waals surface area contributed by atoms with Crippen molar-refractivity contribution in [2.45, 2.75) is 39.8 Å².